The first-order valence-electron chi connectivity index (χ1n) is 6.28. The van der Waals surface area contributed by atoms with Crippen molar-refractivity contribution < 1.29 is 0 Å². The van der Waals surface area contributed by atoms with Gasteiger partial charge in [0.05, 0.1) is 5.69 Å². The number of hydrogen-bond donors (Lipinski definition) is 2. The lowest BCUT2D eigenvalue weighted by Crippen LogP contribution is -2.35. The van der Waals surface area contributed by atoms with Gasteiger partial charge in [-0.1, -0.05) is 13.8 Å². The van der Waals surface area contributed by atoms with Gasteiger partial charge in [0.15, 0.2) is 0 Å². The summed E-state index contributed by atoms with van der Waals surface area (Å²) in [4.78, 5) is 6.80. The van der Waals surface area contributed by atoms with E-state index >= 15 is 0 Å². The molecule has 0 aliphatic rings. The number of rotatable bonds is 6. The molecule has 96 valence electrons. The van der Waals surface area contributed by atoms with E-state index in [0.717, 1.165) is 31.1 Å². The van der Waals surface area contributed by atoms with E-state index in [1.807, 2.05) is 19.1 Å². The molecule has 0 bridgehead atoms. The lowest BCUT2D eigenvalue weighted by Gasteiger charge is -2.24. The number of nitrogens with one attached hydrogen (secondary N) is 1. The Balaban J connectivity index is 2.61. The molecular formula is C13H24N4. The minimum Gasteiger partial charge on any atom is -0.396 e. The van der Waals surface area contributed by atoms with Crippen LogP contribution in [0.15, 0.2) is 12.1 Å². The van der Waals surface area contributed by atoms with Crippen LogP contribution in [0.25, 0.3) is 0 Å². The highest BCUT2D eigenvalue weighted by Gasteiger charge is 2.09. The van der Waals surface area contributed by atoms with Crippen molar-refractivity contribution in [3.8, 4) is 0 Å². The summed E-state index contributed by atoms with van der Waals surface area (Å²) >= 11 is 0. The number of anilines is 2. The molecular weight excluding hydrogens is 212 g/mol. The van der Waals surface area contributed by atoms with E-state index in [9.17, 15) is 0 Å². The highest BCUT2D eigenvalue weighted by atomic mass is 15.2. The molecule has 0 saturated carbocycles. The summed E-state index contributed by atoms with van der Waals surface area (Å²) in [6, 6.07) is 4.16. The van der Waals surface area contributed by atoms with Gasteiger partial charge in [-0.2, -0.15) is 0 Å². The van der Waals surface area contributed by atoms with Gasteiger partial charge in [-0.15, -0.1) is 0 Å². The highest BCUT2D eigenvalue weighted by Crippen LogP contribution is 2.16. The molecule has 1 heterocycles. The summed E-state index contributed by atoms with van der Waals surface area (Å²) in [6.07, 6.45) is 0. The first-order valence-corrected chi connectivity index (χ1v) is 6.28. The van der Waals surface area contributed by atoms with Gasteiger partial charge in [0.1, 0.15) is 5.82 Å². The summed E-state index contributed by atoms with van der Waals surface area (Å²) in [6.45, 7) is 11.6. The van der Waals surface area contributed by atoms with Crippen LogP contribution in [0.5, 0.6) is 0 Å². The van der Waals surface area contributed by atoms with Crippen molar-refractivity contribution in [3.05, 3.63) is 17.8 Å². The summed E-state index contributed by atoms with van der Waals surface area (Å²) in [5, 5.41) is 3.37. The minimum atomic E-state index is 0.339. The van der Waals surface area contributed by atoms with Crippen LogP contribution in [0.3, 0.4) is 0 Å². The Morgan fingerprint density at radius 1 is 1.35 bits per heavy atom. The van der Waals surface area contributed by atoms with E-state index in [-0.39, 0.29) is 0 Å². The first-order chi connectivity index (χ1) is 8.06. The molecule has 0 fully saturated rings. The van der Waals surface area contributed by atoms with Gasteiger partial charge in [-0.25, -0.2) is 4.98 Å². The van der Waals surface area contributed by atoms with Crippen molar-refractivity contribution in [3.63, 3.8) is 0 Å². The number of nitrogens with two attached hydrogens (primary N) is 1. The van der Waals surface area contributed by atoms with Gasteiger partial charge in [0.25, 0.3) is 0 Å². The second kappa shape index (κ2) is 6.45. The molecule has 0 radical (unpaired) electrons. The Bertz CT molecular complexity index is 347. The molecule has 0 aromatic carbocycles. The number of aromatic nitrogens is 1. The maximum atomic E-state index is 5.89. The molecule has 17 heavy (non-hydrogen) atoms. The quantitative estimate of drug-likeness (QED) is 0.794. The summed E-state index contributed by atoms with van der Waals surface area (Å²) in [5.74, 6) is 0.796. The number of aryl methyl sites for hydroxylation is 1. The Morgan fingerprint density at radius 2 is 2.00 bits per heavy atom. The number of pyridine rings is 1. The Morgan fingerprint density at radius 3 is 2.59 bits per heavy atom. The number of likely N-dealkylation sites (N-methyl/N-ethyl adjacent to an activating group) is 1. The zero-order valence-electron chi connectivity index (χ0n) is 11.3. The predicted octanol–water partition coefficient (Wildman–Crippen LogP) is 2.11. The van der Waals surface area contributed by atoms with E-state index in [1.165, 1.54) is 0 Å². The van der Waals surface area contributed by atoms with Gasteiger partial charge in [-0.05, 0) is 39.1 Å². The Labute approximate surface area is 104 Å². The van der Waals surface area contributed by atoms with Crippen LogP contribution < -0.4 is 11.1 Å². The fourth-order valence-electron chi connectivity index (χ4n) is 1.83. The van der Waals surface area contributed by atoms with Crippen LogP contribution >= 0.6 is 0 Å². The molecule has 0 spiro atoms. The molecule has 0 aliphatic carbocycles. The molecule has 1 unspecified atom stereocenters. The van der Waals surface area contributed by atoms with Crippen molar-refractivity contribution >= 4 is 11.5 Å². The third-order valence-electron chi connectivity index (χ3n) is 2.88. The average Bonchev–Trinajstić information content (AvgIpc) is 2.31. The topological polar surface area (TPSA) is 54.2 Å². The van der Waals surface area contributed by atoms with Crippen LogP contribution in [0.2, 0.25) is 0 Å². The molecule has 1 atom stereocenters. The van der Waals surface area contributed by atoms with Gasteiger partial charge in [-0.3, -0.25) is 0 Å². The van der Waals surface area contributed by atoms with Crippen molar-refractivity contribution in [2.75, 3.05) is 30.7 Å². The predicted molar refractivity (Wildman–Crippen MR) is 74.3 cm³/mol. The first kappa shape index (κ1) is 13.8. The number of nitrogens with zero attached hydrogens (tertiary/aromatic N) is 2. The average molecular weight is 236 g/mol. The van der Waals surface area contributed by atoms with Crippen LogP contribution in [-0.2, 0) is 0 Å². The summed E-state index contributed by atoms with van der Waals surface area (Å²) in [7, 11) is 0. The lowest BCUT2D eigenvalue weighted by atomic mass is 10.2. The number of nitrogen functional groups attached to an aromatic ring is 1. The Hall–Kier alpha value is -1.29. The second-order valence-corrected chi connectivity index (χ2v) is 4.42. The minimum absolute atomic E-state index is 0.339. The molecule has 1 aromatic rings. The molecule has 1 rings (SSSR count). The maximum absolute atomic E-state index is 5.89. The van der Waals surface area contributed by atoms with E-state index in [0.29, 0.717) is 11.7 Å². The molecule has 0 saturated heterocycles. The van der Waals surface area contributed by atoms with Crippen molar-refractivity contribution in [2.45, 2.75) is 33.7 Å². The molecule has 0 amide bonds. The SMILES string of the molecule is CCN(CC)CC(C)Nc1nc(C)ccc1N. The summed E-state index contributed by atoms with van der Waals surface area (Å²) < 4.78 is 0. The molecule has 4 nitrogen and oxygen atoms in total. The fraction of sp³-hybridized carbons (Fsp3) is 0.615. The van der Waals surface area contributed by atoms with E-state index in [1.54, 1.807) is 0 Å². The normalized spacial score (nSPS) is 12.8. The van der Waals surface area contributed by atoms with Gasteiger partial charge >= 0.3 is 0 Å². The van der Waals surface area contributed by atoms with Gasteiger partial charge in [0, 0.05) is 18.3 Å². The van der Waals surface area contributed by atoms with Crippen molar-refractivity contribution in [2.24, 2.45) is 0 Å². The Kier molecular flexibility index (Phi) is 5.22. The van der Waals surface area contributed by atoms with E-state index in [2.05, 4.69) is 36.0 Å². The van der Waals surface area contributed by atoms with E-state index in [4.69, 9.17) is 5.73 Å². The zero-order valence-corrected chi connectivity index (χ0v) is 11.3. The largest absolute Gasteiger partial charge is 0.396 e. The fourth-order valence-corrected chi connectivity index (χ4v) is 1.83. The molecule has 4 heteroatoms. The third kappa shape index (κ3) is 4.23. The van der Waals surface area contributed by atoms with Gasteiger partial charge in [0.2, 0.25) is 0 Å². The van der Waals surface area contributed by atoms with Crippen molar-refractivity contribution in [1.29, 1.82) is 0 Å². The highest BCUT2D eigenvalue weighted by molar-refractivity contribution is 5.61. The van der Waals surface area contributed by atoms with E-state index < -0.39 is 0 Å². The summed E-state index contributed by atoms with van der Waals surface area (Å²) in [5.41, 5.74) is 7.59. The van der Waals surface area contributed by atoms with Crippen LogP contribution in [0.4, 0.5) is 11.5 Å². The van der Waals surface area contributed by atoms with Gasteiger partial charge < -0.3 is 16.0 Å². The van der Waals surface area contributed by atoms with Crippen LogP contribution in [0.1, 0.15) is 26.5 Å². The number of hydrogen-bond acceptors (Lipinski definition) is 4. The zero-order chi connectivity index (χ0) is 12.8. The molecule has 0 aliphatic heterocycles. The van der Waals surface area contributed by atoms with Crippen LogP contribution in [-0.4, -0.2) is 35.6 Å². The van der Waals surface area contributed by atoms with Crippen molar-refractivity contribution in [1.82, 2.24) is 9.88 Å². The monoisotopic (exact) mass is 236 g/mol. The smallest absolute Gasteiger partial charge is 0.149 e. The molecule has 1 aromatic heterocycles. The van der Waals surface area contributed by atoms with Crippen LogP contribution in [0, 0.1) is 6.92 Å². The lowest BCUT2D eigenvalue weighted by molar-refractivity contribution is 0.294. The standard InChI is InChI=1S/C13H24N4/c1-5-17(6-2)9-11(4)16-13-12(14)8-7-10(3)15-13/h7-8,11H,5-6,9,14H2,1-4H3,(H,15,16). The third-order valence-corrected chi connectivity index (χ3v) is 2.88. The second-order valence-electron chi connectivity index (χ2n) is 4.42. The maximum Gasteiger partial charge on any atom is 0.149 e. The molecule has 3 N–H and O–H groups in total.